The molecule has 0 saturated carbocycles. The van der Waals surface area contributed by atoms with Gasteiger partial charge in [-0.3, -0.25) is 0 Å². The van der Waals surface area contributed by atoms with Gasteiger partial charge in [0.25, 0.3) is 0 Å². The lowest BCUT2D eigenvalue weighted by molar-refractivity contribution is 0.0600. The minimum atomic E-state index is -0.380. The summed E-state index contributed by atoms with van der Waals surface area (Å²) in [5, 5.41) is 10.8. The van der Waals surface area contributed by atoms with Gasteiger partial charge in [-0.2, -0.15) is 0 Å². The van der Waals surface area contributed by atoms with Crippen LogP contribution in [0.15, 0.2) is 84.9 Å². The number of para-hydroxylation sites is 1. The highest BCUT2D eigenvalue weighted by Gasteiger charge is 2.17. The van der Waals surface area contributed by atoms with Crippen LogP contribution in [0.3, 0.4) is 0 Å². The first kappa shape index (κ1) is 21.5. The summed E-state index contributed by atoms with van der Waals surface area (Å²) in [4.78, 5) is 16.6. The number of esters is 1. The highest BCUT2D eigenvalue weighted by atomic mass is 16.5. The van der Waals surface area contributed by atoms with Crippen molar-refractivity contribution in [2.75, 3.05) is 13.7 Å². The molecule has 1 heterocycles. The predicted octanol–water partition coefficient (Wildman–Crippen LogP) is 5.11. The molecule has 4 rings (SSSR count). The molecule has 4 aromatic rings. The van der Waals surface area contributed by atoms with E-state index >= 15 is 0 Å². The smallest absolute Gasteiger partial charge is 0.337 e. The Morgan fingerprint density at radius 3 is 2.53 bits per heavy atom. The summed E-state index contributed by atoms with van der Waals surface area (Å²) in [7, 11) is 1.37. The zero-order chi connectivity index (χ0) is 22.3. The second-order valence-electron chi connectivity index (χ2n) is 7.54. The third-order valence-corrected chi connectivity index (χ3v) is 5.43. The van der Waals surface area contributed by atoms with E-state index in [1.54, 1.807) is 6.07 Å². The Kier molecular flexibility index (Phi) is 6.78. The van der Waals surface area contributed by atoms with Crippen LogP contribution in [0.4, 0.5) is 0 Å². The molecular formula is C27H25NO4. The number of nitrogens with zero attached hydrogens (tertiary/aromatic N) is 1. The molecule has 5 heteroatoms. The Bertz CT molecular complexity index is 1220. The van der Waals surface area contributed by atoms with Crippen LogP contribution in [0.5, 0.6) is 5.75 Å². The minimum absolute atomic E-state index is 0.0270. The molecule has 162 valence electrons. The molecule has 0 bridgehead atoms. The van der Waals surface area contributed by atoms with E-state index in [-0.39, 0.29) is 18.5 Å². The minimum Gasteiger partial charge on any atom is -0.487 e. The molecule has 3 aromatic carbocycles. The number of carbonyl (C=O) groups excluding carboxylic acids is 1. The molecule has 32 heavy (non-hydrogen) atoms. The molecule has 0 amide bonds. The number of methoxy groups -OCH3 is 1. The fourth-order valence-corrected chi connectivity index (χ4v) is 3.82. The van der Waals surface area contributed by atoms with Gasteiger partial charge in [0.2, 0.25) is 0 Å². The van der Waals surface area contributed by atoms with Crippen molar-refractivity contribution in [1.29, 1.82) is 0 Å². The Balaban J connectivity index is 1.55. The Morgan fingerprint density at radius 2 is 1.72 bits per heavy atom. The Hall–Kier alpha value is -3.70. The van der Waals surface area contributed by atoms with E-state index in [0.29, 0.717) is 18.6 Å². The topological polar surface area (TPSA) is 68.7 Å². The molecule has 5 nitrogen and oxygen atoms in total. The summed E-state index contributed by atoms with van der Waals surface area (Å²) in [5.74, 6) is 0.269. The van der Waals surface area contributed by atoms with Crippen LogP contribution in [0.25, 0.3) is 10.9 Å². The van der Waals surface area contributed by atoms with Crippen molar-refractivity contribution in [3.8, 4) is 5.75 Å². The van der Waals surface area contributed by atoms with Crippen molar-refractivity contribution in [3.05, 3.63) is 107 Å². The van der Waals surface area contributed by atoms with Gasteiger partial charge in [0.05, 0.1) is 23.9 Å². The number of hydrogen-bond acceptors (Lipinski definition) is 5. The molecule has 0 fully saturated rings. The van der Waals surface area contributed by atoms with Crippen molar-refractivity contribution in [2.24, 2.45) is 0 Å². The van der Waals surface area contributed by atoms with E-state index in [0.717, 1.165) is 33.5 Å². The standard InChI is InChI=1S/C27H25NO4/c1-31-27(30)22-9-4-7-20(16-22)25(14-15-29)21-8-5-10-24(17-21)32-18-23-13-12-19-6-2-3-11-26(19)28-23/h2-13,16-17,25,29H,14-15,18H2,1H3. The van der Waals surface area contributed by atoms with E-state index in [1.807, 2.05) is 78.9 Å². The summed E-state index contributed by atoms with van der Waals surface area (Å²) in [6.07, 6.45) is 0.528. The molecule has 1 aromatic heterocycles. The molecule has 0 spiro atoms. The number of carbonyl (C=O) groups is 1. The quantitative estimate of drug-likeness (QED) is 0.396. The van der Waals surface area contributed by atoms with E-state index in [9.17, 15) is 9.90 Å². The maximum atomic E-state index is 11.9. The third kappa shape index (κ3) is 4.95. The zero-order valence-electron chi connectivity index (χ0n) is 17.9. The van der Waals surface area contributed by atoms with Gasteiger partial charge in [-0.05, 0) is 53.9 Å². The summed E-state index contributed by atoms with van der Waals surface area (Å²) in [5.41, 5.74) is 4.23. The molecule has 0 saturated heterocycles. The number of benzene rings is 3. The van der Waals surface area contributed by atoms with Gasteiger partial charge in [-0.1, -0.05) is 48.5 Å². The van der Waals surface area contributed by atoms with Crippen molar-refractivity contribution in [1.82, 2.24) is 4.98 Å². The average molecular weight is 428 g/mol. The summed E-state index contributed by atoms with van der Waals surface area (Å²) in [6, 6.07) is 27.2. The summed E-state index contributed by atoms with van der Waals surface area (Å²) in [6.45, 7) is 0.385. The second-order valence-corrected chi connectivity index (χ2v) is 7.54. The lowest BCUT2D eigenvalue weighted by Crippen LogP contribution is -2.07. The molecule has 0 aliphatic rings. The molecule has 0 aliphatic heterocycles. The van der Waals surface area contributed by atoms with Gasteiger partial charge >= 0.3 is 5.97 Å². The number of aliphatic hydroxyl groups is 1. The fraction of sp³-hybridized carbons (Fsp3) is 0.185. The molecular weight excluding hydrogens is 402 g/mol. The van der Waals surface area contributed by atoms with E-state index < -0.39 is 0 Å². The maximum Gasteiger partial charge on any atom is 0.337 e. The van der Waals surface area contributed by atoms with Crippen LogP contribution in [-0.2, 0) is 11.3 Å². The van der Waals surface area contributed by atoms with E-state index in [4.69, 9.17) is 9.47 Å². The van der Waals surface area contributed by atoms with Gasteiger partial charge in [-0.15, -0.1) is 0 Å². The lowest BCUT2D eigenvalue weighted by atomic mass is 9.88. The largest absolute Gasteiger partial charge is 0.487 e. The molecule has 1 unspecified atom stereocenters. The van der Waals surface area contributed by atoms with Crippen LogP contribution in [0.2, 0.25) is 0 Å². The first-order chi connectivity index (χ1) is 15.7. The maximum absolute atomic E-state index is 11.9. The van der Waals surface area contributed by atoms with Crippen molar-refractivity contribution >= 4 is 16.9 Å². The molecule has 0 radical (unpaired) electrons. The SMILES string of the molecule is COC(=O)c1cccc(C(CCO)c2cccc(OCc3ccc4ccccc4n3)c2)c1. The first-order valence-electron chi connectivity index (χ1n) is 10.5. The average Bonchev–Trinajstić information content (AvgIpc) is 2.85. The molecule has 1 N–H and O–H groups in total. The highest BCUT2D eigenvalue weighted by Crippen LogP contribution is 2.31. The first-order valence-corrected chi connectivity index (χ1v) is 10.5. The molecule has 1 atom stereocenters. The van der Waals surface area contributed by atoms with Gasteiger partial charge in [0, 0.05) is 17.9 Å². The van der Waals surface area contributed by atoms with Crippen LogP contribution in [-0.4, -0.2) is 29.8 Å². The van der Waals surface area contributed by atoms with Crippen molar-refractivity contribution in [2.45, 2.75) is 18.9 Å². The monoisotopic (exact) mass is 427 g/mol. The van der Waals surface area contributed by atoms with Crippen LogP contribution < -0.4 is 4.74 Å². The summed E-state index contributed by atoms with van der Waals surface area (Å²) >= 11 is 0. The van der Waals surface area contributed by atoms with Gasteiger partial charge < -0.3 is 14.6 Å². The highest BCUT2D eigenvalue weighted by molar-refractivity contribution is 5.89. The summed E-state index contributed by atoms with van der Waals surface area (Å²) < 4.78 is 10.9. The number of hydrogen-bond donors (Lipinski definition) is 1. The Labute approximate surface area is 187 Å². The number of pyridine rings is 1. The number of rotatable bonds is 8. The predicted molar refractivity (Wildman–Crippen MR) is 124 cm³/mol. The van der Waals surface area contributed by atoms with E-state index in [2.05, 4.69) is 4.98 Å². The lowest BCUT2D eigenvalue weighted by Gasteiger charge is -2.19. The zero-order valence-corrected chi connectivity index (χ0v) is 17.9. The van der Waals surface area contributed by atoms with Gasteiger partial charge in [-0.25, -0.2) is 9.78 Å². The van der Waals surface area contributed by atoms with Gasteiger partial charge in [0.15, 0.2) is 0 Å². The van der Waals surface area contributed by atoms with Crippen LogP contribution in [0, 0.1) is 0 Å². The number of aliphatic hydroxyl groups excluding tert-OH is 1. The normalized spacial score (nSPS) is 11.8. The van der Waals surface area contributed by atoms with Gasteiger partial charge in [0.1, 0.15) is 12.4 Å². The second kappa shape index (κ2) is 10.1. The van der Waals surface area contributed by atoms with Crippen LogP contribution >= 0.6 is 0 Å². The van der Waals surface area contributed by atoms with Crippen molar-refractivity contribution in [3.63, 3.8) is 0 Å². The number of ether oxygens (including phenoxy) is 2. The fourth-order valence-electron chi connectivity index (χ4n) is 3.82. The Morgan fingerprint density at radius 1 is 0.938 bits per heavy atom. The third-order valence-electron chi connectivity index (χ3n) is 5.43. The number of aromatic nitrogens is 1. The van der Waals surface area contributed by atoms with E-state index in [1.165, 1.54) is 7.11 Å². The van der Waals surface area contributed by atoms with Crippen LogP contribution in [0.1, 0.15) is 39.5 Å². The molecule has 0 aliphatic carbocycles. The number of fused-ring (bicyclic) bond motifs is 1. The van der Waals surface area contributed by atoms with Crippen molar-refractivity contribution < 1.29 is 19.4 Å².